The Morgan fingerprint density at radius 1 is 1.08 bits per heavy atom. The summed E-state index contributed by atoms with van der Waals surface area (Å²) in [4.78, 5) is 26.2. The molecule has 0 unspecified atom stereocenters. The molecule has 2 aromatic carbocycles. The van der Waals surface area contributed by atoms with Crippen LogP contribution >= 0.6 is 0 Å². The maximum absolute atomic E-state index is 13.7. The number of hydrogen-bond acceptors (Lipinski definition) is 2. The third-order valence-electron chi connectivity index (χ3n) is 4.15. The molecule has 0 aromatic heterocycles. The molecule has 0 spiro atoms. The van der Waals surface area contributed by atoms with Crippen LogP contribution in [0, 0.1) is 17.5 Å². The van der Waals surface area contributed by atoms with Gasteiger partial charge in [0.15, 0.2) is 17.5 Å². The summed E-state index contributed by atoms with van der Waals surface area (Å²) in [5.74, 6) is -6.03. The molecule has 2 amide bonds. The zero-order chi connectivity index (χ0) is 18.1. The first-order valence-electron chi connectivity index (χ1n) is 7.73. The Labute approximate surface area is 142 Å². The van der Waals surface area contributed by atoms with Gasteiger partial charge < -0.3 is 10.2 Å². The minimum absolute atomic E-state index is 0.360. The first kappa shape index (κ1) is 17.0. The lowest BCUT2D eigenvalue weighted by Gasteiger charge is -2.22. The summed E-state index contributed by atoms with van der Waals surface area (Å²) in [5, 5.41) is 2.33. The number of anilines is 1. The molecule has 0 aliphatic carbocycles. The van der Waals surface area contributed by atoms with Gasteiger partial charge in [0.05, 0.1) is 5.56 Å². The van der Waals surface area contributed by atoms with Crippen LogP contribution < -0.4 is 10.2 Å². The Bertz CT molecular complexity index is 854. The number of carbonyl (C=O) groups excluding carboxylic acids is 2. The first-order chi connectivity index (χ1) is 11.9. The van der Waals surface area contributed by atoms with E-state index in [0.717, 1.165) is 17.3 Å². The van der Waals surface area contributed by atoms with Crippen molar-refractivity contribution in [1.82, 2.24) is 5.32 Å². The number of nitrogens with zero attached hydrogens (tertiary/aromatic N) is 1. The second-order valence-electron chi connectivity index (χ2n) is 5.79. The molecule has 25 heavy (non-hydrogen) atoms. The van der Waals surface area contributed by atoms with Crippen LogP contribution in [0.5, 0.6) is 0 Å². The molecule has 130 valence electrons. The van der Waals surface area contributed by atoms with Crippen molar-refractivity contribution in [2.24, 2.45) is 0 Å². The third kappa shape index (κ3) is 3.09. The highest BCUT2D eigenvalue weighted by Gasteiger charge is 2.29. The third-order valence-corrected chi connectivity index (χ3v) is 4.15. The average Bonchev–Trinajstić information content (AvgIpc) is 3.03. The smallest absolute Gasteiger partial charge is 0.255 e. The van der Waals surface area contributed by atoms with E-state index in [9.17, 15) is 22.8 Å². The van der Waals surface area contributed by atoms with Gasteiger partial charge in [-0.1, -0.05) is 18.2 Å². The highest BCUT2D eigenvalue weighted by atomic mass is 19.2. The molecule has 0 bridgehead atoms. The fourth-order valence-electron chi connectivity index (χ4n) is 2.84. The van der Waals surface area contributed by atoms with Crippen molar-refractivity contribution in [1.29, 1.82) is 0 Å². The van der Waals surface area contributed by atoms with Crippen LogP contribution in [0.2, 0.25) is 0 Å². The summed E-state index contributed by atoms with van der Waals surface area (Å²) in [7, 11) is 0. The van der Waals surface area contributed by atoms with E-state index in [-0.39, 0.29) is 5.91 Å². The molecule has 3 rings (SSSR count). The van der Waals surface area contributed by atoms with Crippen molar-refractivity contribution in [2.75, 3.05) is 11.4 Å². The minimum atomic E-state index is -1.72. The second kappa shape index (κ2) is 6.58. The highest BCUT2D eigenvalue weighted by molar-refractivity contribution is 6.03. The standard InChI is InChI=1S/C18H15F3N2O2/c1-10(18(25)23-9-8-11-4-2-3-5-14(11)23)22-17(24)12-6-7-13(19)16(21)15(12)20/h2-7,10H,8-9H2,1H3,(H,22,24)/t10-/m1/s1. The van der Waals surface area contributed by atoms with Crippen molar-refractivity contribution in [3.63, 3.8) is 0 Å². The zero-order valence-electron chi connectivity index (χ0n) is 13.4. The largest absolute Gasteiger partial charge is 0.340 e. The molecule has 4 nitrogen and oxygen atoms in total. The summed E-state index contributed by atoms with van der Waals surface area (Å²) >= 11 is 0. The average molecular weight is 348 g/mol. The maximum Gasteiger partial charge on any atom is 0.255 e. The van der Waals surface area contributed by atoms with Gasteiger partial charge >= 0.3 is 0 Å². The number of fused-ring (bicyclic) bond motifs is 1. The lowest BCUT2D eigenvalue weighted by molar-refractivity contribution is -0.119. The molecule has 2 aromatic rings. The molecule has 0 fully saturated rings. The first-order valence-corrected chi connectivity index (χ1v) is 7.73. The molecule has 1 aliphatic heterocycles. The van der Waals surface area contributed by atoms with E-state index in [2.05, 4.69) is 5.32 Å². The van der Waals surface area contributed by atoms with E-state index in [4.69, 9.17) is 0 Å². The van der Waals surface area contributed by atoms with Gasteiger partial charge in [0.2, 0.25) is 5.91 Å². The van der Waals surface area contributed by atoms with Gasteiger partial charge in [-0.25, -0.2) is 13.2 Å². The van der Waals surface area contributed by atoms with Crippen molar-refractivity contribution in [2.45, 2.75) is 19.4 Å². The van der Waals surface area contributed by atoms with Gasteiger partial charge in [0.25, 0.3) is 5.91 Å². The number of para-hydroxylation sites is 1. The van der Waals surface area contributed by atoms with Crippen LogP contribution in [0.3, 0.4) is 0 Å². The summed E-state index contributed by atoms with van der Waals surface area (Å²) in [6, 6.07) is 7.97. The van der Waals surface area contributed by atoms with Crippen LogP contribution in [0.4, 0.5) is 18.9 Å². The van der Waals surface area contributed by atoms with Crippen molar-refractivity contribution < 1.29 is 22.8 Å². The lowest BCUT2D eigenvalue weighted by Crippen LogP contribution is -2.46. The molecular formula is C18H15F3N2O2. The van der Waals surface area contributed by atoms with Gasteiger partial charge in [-0.2, -0.15) is 0 Å². The van der Waals surface area contributed by atoms with Gasteiger partial charge in [0.1, 0.15) is 6.04 Å². The number of hydrogen-bond donors (Lipinski definition) is 1. The minimum Gasteiger partial charge on any atom is -0.340 e. The fourth-order valence-corrected chi connectivity index (χ4v) is 2.84. The number of amides is 2. The molecule has 0 radical (unpaired) electrons. The Balaban J connectivity index is 1.74. The molecule has 1 aliphatic rings. The number of nitrogens with one attached hydrogen (secondary N) is 1. The predicted molar refractivity (Wildman–Crippen MR) is 85.7 cm³/mol. The fraction of sp³-hybridized carbons (Fsp3) is 0.222. The monoisotopic (exact) mass is 348 g/mol. The number of rotatable bonds is 3. The van der Waals surface area contributed by atoms with Crippen molar-refractivity contribution >= 4 is 17.5 Å². The number of carbonyl (C=O) groups is 2. The molecule has 1 atom stereocenters. The molecule has 7 heteroatoms. The lowest BCUT2D eigenvalue weighted by atomic mass is 10.1. The van der Waals surface area contributed by atoms with E-state index in [1.165, 1.54) is 6.92 Å². The number of benzene rings is 2. The Hall–Kier alpha value is -2.83. The maximum atomic E-state index is 13.7. The highest BCUT2D eigenvalue weighted by Crippen LogP contribution is 2.28. The molecule has 1 heterocycles. The molecule has 1 N–H and O–H groups in total. The quantitative estimate of drug-likeness (QED) is 0.867. The molecule has 0 saturated carbocycles. The Morgan fingerprint density at radius 3 is 2.56 bits per heavy atom. The van der Waals surface area contributed by atoms with Crippen LogP contribution in [0.25, 0.3) is 0 Å². The van der Waals surface area contributed by atoms with Crippen LogP contribution in [0.1, 0.15) is 22.8 Å². The topological polar surface area (TPSA) is 49.4 Å². The molecule has 0 saturated heterocycles. The SMILES string of the molecule is C[C@@H](NC(=O)c1ccc(F)c(F)c1F)C(=O)N1CCc2ccccc21. The van der Waals surface area contributed by atoms with E-state index >= 15 is 0 Å². The number of halogens is 3. The summed E-state index contributed by atoms with van der Waals surface area (Å²) < 4.78 is 39.9. The summed E-state index contributed by atoms with van der Waals surface area (Å²) in [6.07, 6.45) is 0.709. The Kier molecular flexibility index (Phi) is 4.48. The van der Waals surface area contributed by atoms with Gasteiger partial charge in [-0.3, -0.25) is 9.59 Å². The summed E-state index contributed by atoms with van der Waals surface area (Å²) in [5.41, 5.74) is 1.15. The van der Waals surface area contributed by atoms with Crippen molar-refractivity contribution in [3.05, 3.63) is 65.0 Å². The zero-order valence-corrected chi connectivity index (χ0v) is 13.4. The molecular weight excluding hydrogens is 333 g/mol. The van der Waals surface area contributed by atoms with Crippen molar-refractivity contribution in [3.8, 4) is 0 Å². The normalized spacial score (nSPS) is 14.2. The van der Waals surface area contributed by atoms with E-state index < -0.39 is 35.0 Å². The summed E-state index contributed by atoms with van der Waals surface area (Å²) in [6.45, 7) is 1.94. The van der Waals surface area contributed by atoms with E-state index in [1.54, 1.807) is 4.90 Å². The van der Waals surface area contributed by atoms with Crippen LogP contribution in [0.15, 0.2) is 36.4 Å². The van der Waals surface area contributed by atoms with Gasteiger partial charge in [0, 0.05) is 12.2 Å². The van der Waals surface area contributed by atoms with Crippen LogP contribution in [-0.2, 0) is 11.2 Å². The van der Waals surface area contributed by atoms with Gasteiger partial charge in [-0.15, -0.1) is 0 Å². The van der Waals surface area contributed by atoms with Crippen LogP contribution in [-0.4, -0.2) is 24.4 Å². The second-order valence-corrected chi connectivity index (χ2v) is 5.79. The van der Waals surface area contributed by atoms with E-state index in [1.807, 2.05) is 24.3 Å². The predicted octanol–water partition coefficient (Wildman–Crippen LogP) is 2.81. The Morgan fingerprint density at radius 2 is 1.80 bits per heavy atom. The van der Waals surface area contributed by atoms with Gasteiger partial charge in [-0.05, 0) is 37.1 Å². The van der Waals surface area contributed by atoms with E-state index in [0.29, 0.717) is 19.0 Å².